The summed E-state index contributed by atoms with van der Waals surface area (Å²) in [4.78, 5) is 11.1. The quantitative estimate of drug-likeness (QED) is 0.394. The molecular formula is C19H37NO4. The van der Waals surface area contributed by atoms with E-state index >= 15 is 0 Å². The molecule has 1 aliphatic rings. The Labute approximate surface area is 147 Å². The normalized spacial score (nSPS) is 21.5. The lowest BCUT2D eigenvalue weighted by Gasteiger charge is -2.20. The SMILES string of the molecule is CCCCCCCCCCCCCC[C@H](O)[C@@H]1OC(=O)N[C@H]1CO. The van der Waals surface area contributed by atoms with Gasteiger partial charge in [0.15, 0.2) is 6.10 Å². The molecule has 3 atom stereocenters. The van der Waals surface area contributed by atoms with Crippen LogP contribution in [0, 0.1) is 0 Å². The van der Waals surface area contributed by atoms with E-state index in [1.54, 1.807) is 0 Å². The Bertz CT molecular complexity index is 324. The van der Waals surface area contributed by atoms with Gasteiger partial charge in [0.2, 0.25) is 0 Å². The van der Waals surface area contributed by atoms with Gasteiger partial charge in [0.1, 0.15) is 0 Å². The molecule has 1 aliphatic heterocycles. The fraction of sp³-hybridized carbons (Fsp3) is 0.947. The molecule has 1 fully saturated rings. The van der Waals surface area contributed by atoms with Crippen LogP contribution in [0.1, 0.15) is 90.4 Å². The molecule has 0 aromatic carbocycles. The second-order valence-corrected chi connectivity index (χ2v) is 7.05. The number of ether oxygens (including phenoxy) is 1. The van der Waals surface area contributed by atoms with E-state index in [9.17, 15) is 15.0 Å². The van der Waals surface area contributed by atoms with E-state index in [2.05, 4.69) is 12.2 Å². The van der Waals surface area contributed by atoms with Crippen LogP contribution in [0.25, 0.3) is 0 Å². The predicted molar refractivity (Wildman–Crippen MR) is 96.0 cm³/mol. The van der Waals surface area contributed by atoms with Crippen molar-refractivity contribution >= 4 is 6.09 Å². The predicted octanol–water partition coefficient (Wildman–Crippen LogP) is 3.91. The Morgan fingerprint density at radius 2 is 1.46 bits per heavy atom. The standard InChI is InChI=1S/C19H37NO4/c1-2-3-4-5-6-7-8-9-10-11-12-13-14-17(22)18-16(15-21)20-19(23)24-18/h16-18,21-22H,2-15H2,1H3,(H,20,23)/t16-,17-,18+/m0/s1. The third kappa shape index (κ3) is 8.88. The number of aliphatic hydroxyl groups is 2. The summed E-state index contributed by atoms with van der Waals surface area (Å²) in [6.07, 6.45) is 14.1. The number of carbonyl (C=O) groups excluding carboxylic acids is 1. The third-order valence-electron chi connectivity index (χ3n) is 4.87. The van der Waals surface area contributed by atoms with Crippen LogP contribution in [-0.2, 0) is 4.74 Å². The lowest BCUT2D eigenvalue weighted by atomic mass is 10.00. The molecule has 5 nitrogen and oxygen atoms in total. The molecule has 0 saturated carbocycles. The molecule has 0 aromatic rings. The van der Waals surface area contributed by atoms with E-state index in [0.717, 1.165) is 12.8 Å². The van der Waals surface area contributed by atoms with Gasteiger partial charge in [-0.15, -0.1) is 0 Å². The Morgan fingerprint density at radius 3 is 1.96 bits per heavy atom. The number of carbonyl (C=O) groups is 1. The molecule has 1 rings (SSSR count). The number of amides is 1. The van der Waals surface area contributed by atoms with E-state index in [4.69, 9.17) is 4.74 Å². The van der Waals surface area contributed by atoms with Crippen LogP contribution in [0.2, 0.25) is 0 Å². The van der Waals surface area contributed by atoms with Crippen molar-refractivity contribution in [1.29, 1.82) is 0 Å². The summed E-state index contributed by atoms with van der Waals surface area (Å²) >= 11 is 0. The lowest BCUT2D eigenvalue weighted by Crippen LogP contribution is -2.41. The third-order valence-corrected chi connectivity index (χ3v) is 4.87. The molecule has 0 aliphatic carbocycles. The molecule has 0 spiro atoms. The second-order valence-electron chi connectivity index (χ2n) is 7.05. The van der Waals surface area contributed by atoms with Crippen LogP contribution in [0.3, 0.4) is 0 Å². The highest BCUT2D eigenvalue weighted by Gasteiger charge is 2.38. The first-order chi connectivity index (χ1) is 11.7. The van der Waals surface area contributed by atoms with Crippen molar-refractivity contribution in [3.8, 4) is 0 Å². The van der Waals surface area contributed by atoms with Gasteiger partial charge >= 0.3 is 6.09 Å². The number of nitrogens with one attached hydrogen (secondary N) is 1. The minimum absolute atomic E-state index is 0.202. The second kappa shape index (κ2) is 13.5. The molecule has 5 heteroatoms. The summed E-state index contributed by atoms with van der Waals surface area (Å²) in [5.41, 5.74) is 0. The molecule has 142 valence electrons. The Morgan fingerprint density at radius 1 is 0.958 bits per heavy atom. The molecule has 1 saturated heterocycles. The van der Waals surface area contributed by atoms with Crippen molar-refractivity contribution in [3.63, 3.8) is 0 Å². The largest absolute Gasteiger partial charge is 0.441 e. The zero-order valence-electron chi connectivity index (χ0n) is 15.3. The molecule has 0 aromatic heterocycles. The highest BCUT2D eigenvalue weighted by molar-refractivity contribution is 5.70. The number of alkyl carbamates (subject to hydrolysis) is 1. The lowest BCUT2D eigenvalue weighted by molar-refractivity contribution is 0.00504. The minimum atomic E-state index is -0.691. The zero-order chi connectivity index (χ0) is 17.6. The molecule has 0 radical (unpaired) electrons. The Kier molecular flexibility index (Phi) is 11.9. The Balaban J connectivity index is 1.90. The van der Waals surface area contributed by atoms with Crippen LogP contribution < -0.4 is 5.32 Å². The van der Waals surface area contributed by atoms with Crippen LogP contribution in [-0.4, -0.2) is 41.2 Å². The van der Waals surface area contributed by atoms with Gasteiger partial charge in [-0.3, -0.25) is 0 Å². The molecule has 1 amide bonds. The highest BCUT2D eigenvalue weighted by Crippen LogP contribution is 2.18. The molecule has 3 N–H and O–H groups in total. The monoisotopic (exact) mass is 343 g/mol. The maximum atomic E-state index is 11.1. The number of rotatable bonds is 15. The van der Waals surface area contributed by atoms with Gasteiger partial charge in [-0.25, -0.2) is 4.79 Å². The van der Waals surface area contributed by atoms with Crippen LogP contribution in [0.5, 0.6) is 0 Å². The topological polar surface area (TPSA) is 78.8 Å². The Hall–Kier alpha value is -0.810. The first-order valence-corrected chi connectivity index (χ1v) is 9.95. The first-order valence-electron chi connectivity index (χ1n) is 9.95. The van der Waals surface area contributed by atoms with Crippen molar-refractivity contribution in [2.45, 2.75) is 109 Å². The van der Waals surface area contributed by atoms with Crippen LogP contribution in [0.15, 0.2) is 0 Å². The smallest absolute Gasteiger partial charge is 0.408 e. The average Bonchev–Trinajstić information content (AvgIpc) is 2.96. The average molecular weight is 344 g/mol. The summed E-state index contributed by atoms with van der Waals surface area (Å²) < 4.78 is 5.02. The van der Waals surface area contributed by atoms with E-state index in [-0.39, 0.29) is 6.61 Å². The van der Waals surface area contributed by atoms with Crippen LogP contribution >= 0.6 is 0 Å². The summed E-state index contributed by atoms with van der Waals surface area (Å²) in [5, 5.41) is 21.8. The molecule has 1 heterocycles. The summed E-state index contributed by atoms with van der Waals surface area (Å²) in [5.74, 6) is 0. The number of hydrogen-bond donors (Lipinski definition) is 3. The van der Waals surface area contributed by atoms with Gasteiger partial charge in [0.25, 0.3) is 0 Å². The van der Waals surface area contributed by atoms with E-state index < -0.39 is 24.3 Å². The van der Waals surface area contributed by atoms with Gasteiger partial charge in [0.05, 0.1) is 18.8 Å². The fourth-order valence-corrected chi connectivity index (χ4v) is 3.33. The number of unbranched alkanes of at least 4 members (excludes halogenated alkanes) is 11. The summed E-state index contributed by atoms with van der Waals surface area (Å²) in [6, 6.07) is -0.482. The zero-order valence-corrected chi connectivity index (χ0v) is 15.3. The van der Waals surface area contributed by atoms with Crippen LogP contribution in [0.4, 0.5) is 4.79 Å². The van der Waals surface area contributed by atoms with Crippen molar-refractivity contribution in [2.75, 3.05) is 6.61 Å². The van der Waals surface area contributed by atoms with Gasteiger partial charge in [-0.2, -0.15) is 0 Å². The fourth-order valence-electron chi connectivity index (χ4n) is 3.33. The van der Waals surface area contributed by atoms with Gasteiger partial charge in [0, 0.05) is 0 Å². The van der Waals surface area contributed by atoms with E-state index in [1.807, 2.05) is 0 Å². The number of cyclic esters (lactones) is 1. The first kappa shape index (κ1) is 21.2. The molecule has 0 bridgehead atoms. The molecular weight excluding hydrogens is 306 g/mol. The highest BCUT2D eigenvalue weighted by atomic mass is 16.6. The maximum Gasteiger partial charge on any atom is 0.408 e. The van der Waals surface area contributed by atoms with E-state index in [0.29, 0.717) is 6.42 Å². The molecule has 0 unspecified atom stereocenters. The van der Waals surface area contributed by atoms with Crippen molar-refractivity contribution in [1.82, 2.24) is 5.32 Å². The summed E-state index contributed by atoms with van der Waals surface area (Å²) in [6.45, 7) is 2.05. The molecule has 24 heavy (non-hydrogen) atoms. The maximum absolute atomic E-state index is 11.1. The van der Waals surface area contributed by atoms with Crippen molar-refractivity contribution < 1.29 is 19.7 Å². The summed E-state index contributed by atoms with van der Waals surface area (Å²) in [7, 11) is 0. The minimum Gasteiger partial charge on any atom is -0.441 e. The van der Waals surface area contributed by atoms with Gasteiger partial charge in [-0.1, -0.05) is 84.0 Å². The van der Waals surface area contributed by atoms with Crippen molar-refractivity contribution in [3.05, 3.63) is 0 Å². The van der Waals surface area contributed by atoms with E-state index in [1.165, 1.54) is 64.2 Å². The van der Waals surface area contributed by atoms with Crippen molar-refractivity contribution in [2.24, 2.45) is 0 Å². The number of aliphatic hydroxyl groups excluding tert-OH is 2. The van der Waals surface area contributed by atoms with Gasteiger partial charge in [-0.05, 0) is 6.42 Å². The van der Waals surface area contributed by atoms with Gasteiger partial charge < -0.3 is 20.3 Å². The number of hydrogen-bond acceptors (Lipinski definition) is 4.